The predicted octanol–water partition coefficient (Wildman–Crippen LogP) is 3.14. The summed E-state index contributed by atoms with van der Waals surface area (Å²) in [5, 5.41) is 12.9. The molecule has 1 saturated carbocycles. The van der Waals surface area contributed by atoms with Crippen molar-refractivity contribution < 1.29 is 10.0 Å². The van der Waals surface area contributed by atoms with Crippen LogP contribution in [0.25, 0.3) is 10.9 Å². The molecule has 2 aromatic carbocycles. The van der Waals surface area contributed by atoms with Crippen LogP contribution in [0.1, 0.15) is 34.5 Å². The van der Waals surface area contributed by atoms with Crippen LogP contribution in [0.5, 0.6) is 0 Å². The first kappa shape index (κ1) is 17.3. The Bertz CT molecular complexity index is 1050. The van der Waals surface area contributed by atoms with E-state index in [1.165, 1.54) is 0 Å². The molecule has 5 nitrogen and oxygen atoms in total. The molecule has 0 bridgehead atoms. The van der Waals surface area contributed by atoms with Gasteiger partial charge in [-0.2, -0.15) is 0 Å². The minimum Gasteiger partial charge on any atom is -0.351 e. The van der Waals surface area contributed by atoms with Crippen LogP contribution in [0.15, 0.2) is 54.6 Å². The molecule has 1 aliphatic carbocycles. The van der Waals surface area contributed by atoms with Crippen molar-refractivity contribution in [2.45, 2.75) is 18.4 Å². The number of aromatic amines is 1. The predicted molar refractivity (Wildman–Crippen MR) is 108 cm³/mol. The number of thiocarbonyl (C=S) groups is 1. The highest BCUT2D eigenvalue weighted by molar-refractivity contribution is 7.80. The maximum atomic E-state index is 12.6. The van der Waals surface area contributed by atoms with Gasteiger partial charge in [0.15, 0.2) is 0 Å². The largest absolute Gasteiger partial charge is 0.351 e. The molecule has 0 unspecified atom stereocenters. The van der Waals surface area contributed by atoms with Crippen molar-refractivity contribution in [2.24, 2.45) is 0 Å². The SMILES string of the molecule is O=C(NC1(C#Cc2ccc(C(=S)NO)cc2)CC1)c1cc2ccccc2[nH]1. The number of hydrogen-bond acceptors (Lipinski definition) is 3. The number of H-pyrrole nitrogens is 1. The van der Waals surface area contributed by atoms with Crippen LogP contribution in [0.3, 0.4) is 0 Å². The van der Waals surface area contributed by atoms with Gasteiger partial charge in [-0.15, -0.1) is 0 Å². The number of para-hydroxylation sites is 1. The minimum absolute atomic E-state index is 0.146. The molecule has 1 fully saturated rings. The number of carbonyl (C=O) groups excluding carboxylic acids is 1. The zero-order valence-electron chi connectivity index (χ0n) is 14.4. The molecule has 0 spiro atoms. The molecular formula is C21H17N3O2S. The molecule has 6 heteroatoms. The number of benzene rings is 2. The van der Waals surface area contributed by atoms with Crippen LogP contribution < -0.4 is 10.8 Å². The Kier molecular flexibility index (Phi) is 4.40. The van der Waals surface area contributed by atoms with Gasteiger partial charge in [-0.3, -0.25) is 15.5 Å². The second-order valence-corrected chi connectivity index (χ2v) is 6.98. The van der Waals surface area contributed by atoms with Gasteiger partial charge in [0.1, 0.15) is 16.2 Å². The zero-order valence-corrected chi connectivity index (χ0v) is 15.2. The van der Waals surface area contributed by atoms with Crippen LogP contribution in [0.2, 0.25) is 0 Å². The fourth-order valence-electron chi connectivity index (χ4n) is 2.85. The lowest BCUT2D eigenvalue weighted by molar-refractivity contribution is 0.0938. The van der Waals surface area contributed by atoms with Gasteiger partial charge in [-0.05, 0) is 37.1 Å². The number of amides is 1. The van der Waals surface area contributed by atoms with E-state index < -0.39 is 5.54 Å². The third-order valence-corrected chi connectivity index (χ3v) is 4.90. The smallest absolute Gasteiger partial charge is 0.268 e. The molecule has 0 aliphatic heterocycles. The van der Waals surface area contributed by atoms with E-state index in [4.69, 9.17) is 17.4 Å². The van der Waals surface area contributed by atoms with Crippen LogP contribution in [-0.4, -0.2) is 26.6 Å². The quantitative estimate of drug-likeness (QED) is 0.322. The Balaban J connectivity index is 1.47. The van der Waals surface area contributed by atoms with Crippen molar-refractivity contribution in [2.75, 3.05) is 0 Å². The number of fused-ring (bicyclic) bond motifs is 1. The first-order valence-electron chi connectivity index (χ1n) is 8.57. The highest BCUT2D eigenvalue weighted by Crippen LogP contribution is 2.35. The first-order valence-corrected chi connectivity index (χ1v) is 8.97. The van der Waals surface area contributed by atoms with Gasteiger partial charge in [0.2, 0.25) is 0 Å². The van der Waals surface area contributed by atoms with E-state index in [1.807, 2.05) is 47.9 Å². The number of aromatic nitrogens is 1. The number of hydrogen-bond donors (Lipinski definition) is 4. The Hall–Kier alpha value is -3.14. The van der Waals surface area contributed by atoms with E-state index in [9.17, 15) is 4.79 Å². The first-order chi connectivity index (χ1) is 13.1. The van der Waals surface area contributed by atoms with E-state index in [0.29, 0.717) is 11.3 Å². The van der Waals surface area contributed by atoms with Crippen LogP contribution in [-0.2, 0) is 0 Å². The summed E-state index contributed by atoms with van der Waals surface area (Å²) in [6, 6.07) is 16.9. The lowest BCUT2D eigenvalue weighted by Crippen LogP contribution is -2.35. The average Bonchev–Trinajstić information content (AvgIpc) is 3.32. The van der Waals surface area contributed by atoms with Gasteiger partial charge in [-0.25, -0.2) is 0 Å². The van der Waals surface area contributed by atoms with Gasteiger partial charge in [0, 0.05) is 22.0 Å². The molecule has 1 heterocycles. The van der Waals surface area contributed by atoms with Crippen molar-refractivity contribution in [3.8, 4) is 11.8 Å². The van der Waals surface area contributed by atoms with E-state index in [-0.39, 0.29) is 10.9 Å². The Morgan fingerprint density at radius 3 is 2.56 bits per heavy atom. The van der Waals surface area contributed by atoms with Crippen molar-refractivity contribution in [3.63, 3.8) is 0 Å². The molecule has 3 aromatic rings. The molecule has 4 N–H and O–H groups in total. The standard InChI is InChI=1S/C21H17N3O2S/c25-19(18-13-16-3-1-2-4-17(16)22-18)23-21(11-12-21)10-9-14-5-7-15(8-6-14)20(27)24-26/h1-8,13,22,26H,11-12H2,(H,23,25)(H,24,27). The van der Waals surface area contributed by atoms with Crippen molar-refractivity contribution in [3.05, 3.63) is 71.4 Å². The maximum absolute atomic E-state index is 12.6. The normalized spacial score (nSPS) is 14.1. The second-order valence-electron chi connectivity index (χ2n) is 6.57. The molecule has 134 valence electrons. The number of carbonyl (C=O) groups is 1. The summed E-state index contributed by atoms with van der Waals surface area (Å²) < 4.78 is 0. The fraction of sp³-hybridized carbons (Fsp3) is 0.143. The van der Waals surface area contributed by atoms with Gasteiger partial charge in [0.25, 0.3) is 5.91 Å². The Morgan fingerprint density at radius 2 is 1.89 bits per heavy atom. The maximum Gasteiger partial charge on any atom is 0.268 e. The van der Waals surface area contributed by atoms with Gasteiger partial charge < -0.3 is 10.3 Å². The van der Waals surface area contributed by atoms with E-state index in [2.05, 4.69) is 22.1 Å². The molecule has 1 aliphatic rings. The number of nitrogens with one attached hydrogen (secondary N) is 3. The van der Waals surface area contributed by atoms with Crippen molar-refractivity contribution in [1.29, 1.82) is 0 Å². The van der Waals surface area contributed by atoms with Gasteiger partial charge in [0.05, 0.1) is 0 Å². The summed E-state index contributed by atoms with van der Waals surface area (Å²) in [4.78, 5) is 16.0. The molecule has 0 radical (unpaired) electrons. The van der Waals surface area contributed by atoms with Crippen molar-refractivity contribution in [1.82, 2.24) is 15.8 Å². The van der Waals surface area contributed by atoms with E-state index in [0.717, 1.165) is 29.3 Å². The van der Waals surface area contributed by atoms with Gasteiger partial charge >= 0.3 is 0 Å². The van der Waals surface area contributed by atoms with Crippen LogP contribution >= 0.6 is 12.2 Å². The van der Waals surface area contributed by atoms with Crippen molar-refractivity contribution >= 4 is 34.0 Å². The van der Waals surface area contributed by atoms with Crippen LogP contribution in [0.4, 0.5) is 0 Å². The number of hydroxylamine groups is 1. The lowest BCUT2D eigenvalue weighted by Gasteiger charge is -2.09. The highest BCUT2D eigenvalue weighted by atomic mass is 32.1. The summed E-state index contributed by atoms with van der Waals surface area (Å²) in [7, 11) is 0. The third-order valence-electron chi connectivity index (χ3n) is 4.57. The average molecular weight is 375 g/mol. The second kappa shape index (κ2) is 6.88. The molecular weight excluding hydrogens is 358 g/mol. The molecule has 1 aromatic heterocycles. The zero-order chi connectivity index (χ0) is 18.9. The molecule has 0 saturated heterocycles. The van der Waals surface area contributed by atoms with E-state index in [1.54, 1.807) is 12.1 Å². The molecule has 0 atom stereocenters. The molecule has 1 amide bonds. The Morgan fingerprint density at radius 1 is 1.15 bits per heavy atom. The minimum atomic E-state index is -0.463. The summed E-state index contributed by atoms with van der Waals surface area (Å²) in [5.74, 6) is 6.16. The summed E-state index contributed by atoms with van der Waals surface area (Å²) in [6.07, 6.45) is 1.67. The summed E-state index contributed by atoms with van der Waals surface area (Å²) >= 11 is 4.97. The summed E-state index contributed by atoms with van der Waals surface area (Å²) in [6.45, 7) is 0. The monoisotopic (exact) mass is 375 g/mol. The lowest BCUT2D eigenvalue weighted by atomic mass is 10.1. The van der Waals surface area contributed by atoms with E-state index >= 15 is 0 Å². The fourth-order valence-corrected chi connectivity index (χ4v) is 2.98. The topological polar surface area (TPSA) is 77.2 Å². The summed E-state index contributed by atoms with van der Waals surface area (Å²) in [5.41, 5.74) is 4.51. The van der Waals surface area contributed by atoms with Gasteiger partial charge in [-0.1, -0.05) is 54.4 Å². The number of rotatable bonds is 3. The van der Waals surface area contributed by atoms with Crippen LogP contribution in [0, 0.1) is 11.8 Å². The molecule has 4 rings (SSSR count). The highest BCUT2D eigenvalue weighted by Gasteiger charge is 2.43. The molecule has 27 heavy (non-hydrogen) atoms. The Labute approximate surface area is 161 Å². The third kappa shape index (κ3) is 3.70.